The molecular formula is C15H25BrN2O2S. The number of nitrogens with one attached hydrogen (secondary N) is 2. The standard InChI is InChI=1S/C15H25BrN2O2S/c1-4-5-6-9-18-21(19,20)15-8-7-13(10-14(15)16)11-17-12(2)3/h7-8,10,12,17-18H,4-6,9,11H2,1-3H3. The highest BCUT2D eigenvalue weighted by atomic mass is 79.9. The van der Waals surface area contributed by atoms with Gasteiger partial charge in [0.25, 0.3) is 0 Å². The fraction of sp³-hybridized carbons (Fsp3) is 0.600. The second-order valence-corrected chi connectivity index (χ2v) is 7.99. The van der Waals surface area contributed by atoms with Gasteiger partial charge in [0.1, 0.15) is 0 Å². The molecule has 0 aromatic heterocycles. The molecule has 0 aliphatic heterocycles. The minimum atomic E-state index is -3.44. The van der Waals surface area contributed by atoms with E-state index in [1.165, 1.54) is 0 Å². The molecule has 1 aromatic carbocycles. The van der Waals surface area contributed by atoms with Crippen LogP contribution in [0.1, 0.15) is 45.6 Å². The van der Waals surface area contributed by atoms with Crippen LogP contribution in [0.5, 0.6) is 0 Å². The number of benzene rings is 1. The van der Waals surface area contributed by atoms with E-state index in [1.807, 2.05) is 12.1 Å². The summed E-state index contributed by atoms with van der Waals surface area (Å²) in [5.41, 5.74) is 1.06. The Morgan fingerprint density at radius 1 is 1.24 bits per heavy atom. The molecule has 0 radical (unpaired) electrons. The van der Waals surface area contributed by atoms with Crippen LogP contribution in [-0.2, 0) is 16.6 Å². The predicted octanol–water partition coefficient (Wildman–Crippen LogP) is 3.42. The van der Waals surface area contributed by atoms with Gasteiger partial charge in [0.2, 0.25) is 10.0 Å². The van der Waals surface area contributed by atoms with Crippen molar-refractivity contribution in [2.75, 3.05) is 6.54 Å². The normalized spacial score (nSPS) is 12.0. The van der Waals surface area contributed by atoms with Crippen molar-refractivity contribution in [1.82, 2.24) is 10.0 Å². The second kappa shape index (κ2) is 8.88. The third-order valence-corrected chi connectivity index (χ3v) is 5.51. The first-order chi connectivity index (χ1) is 9.86. The lowest BCUT2D eigenvalue weighted by atomic mass is 10.2. The molecule has 0 saturated carbocycles. The van der Waals surface area contributed by atoms with Gasteiger partial charge >= 0.3 is 0 Å². The number of sulfonamides is 1. The quantitative estimate of drug-likeness (QED) is 0.649. The van der Waals surface area contributed by atoms with E-state index in [1.54, 1.807) is 6.07 Å². The fourth-order valence-corrected chi connectivity index (χ4v) is 4.05. The molecule has 0 amide bonds. The highest BCUT2D eigenvalue weighted by molar-refractivity contribution is 9.10. The molecule has 0 bridgehead atoms. The van der Waals surface area contributed by atoms with E-state index >= 15 is 0 Å². The Balaban J connectivity index is 2.74. The van der Waals surface area contributed by atoms with Crippen molar-refractivity contribution in [3.05, 3.63) is 28.2 Å². The summed E-state index contributed by atoms with van der Waals surface area (Å²) in [4.78, 5) is 0.298. The number of halogens is 1. The topological polar surface area (TPSA) is 58.2 Å². The molecule has 4 nitrogen and oxygen atoms in total. The van der Waals surface area contributed by atoms with E-state index < -0.39 is 10.0 Å². The molecule has 0 spiro atoms. The van der Waals surface area contributed by atoms with Crippen molar-refractivity contribution in [3.63, 3.8) is 0 Å². The SMILES string of the molecule is CCCCCNS(=O)(=O)c1ccc(CNC(C)C)cc1Br. The molecule has 0 aliphatic carbocycles. The van der Waals surface area contributed by atoms with Gasteiger partial charge in [0, 0.05) is 23.6 Å². The number of hydrogen-bond acceptors (Lipinski definition) is 3. The Hall–Kier alpha value is -0.430. The van der Waals surface area contributed by atoms with Crippen LogP contribution in [0.3, 0.4) is 0 Å². The molecule has 0 aliphatic rings. The first-order valence-corrected chi connectivity index (χ1v) is 9.66. The number of rotatable bonds is 9. The van der Waals surface area contributed by atoms with E-state index in [4.69, 9.17) is 0 Å². The maximum absolute atomic E-state index is 12.2. The number of unbranched alkanes of at least 4 members (excludes halogenated alkanes) is 2. The van der Waals surface area contributed by atoms with E-state index in [-0.39, 0.29) is 0 Å². The highest BCUT2D eigenvalue weighted by Gasteiger charge is 2.17. The molecule has 0 heterocycles. The zero-order chi connectivity index (χ0) is 15.9. The smallest absolute Gasteiger partial charge is 0.241 e. The Labute approximate surface area is 136 Å². The molecule has 2 N–H and O–H groups in total. The van der Waals surface area contributed by atoms with Crippen LogP contribution >= 0.6 is 15.9 Å². The van der Waals surface area contributed by atoms with Crippen molar-refractivity contribution in [3.8, 4) is 0 Å². The lowest BCUT2D eigenvalue weighted by Gasteiger charge is -2.11. The summed E-state index contributed by atoms with van der Waals surface area (Å²) >= 11 is 3.37. The van der Waals surface area contributed by atoms with Crippen LogP contribution in [0.25, 0.3) is 0 Å². The van der Waals surface area contributed by atoms with Gasteiger partial charge in [0.05, 0.1) is 4.90 Å². The van der Waals surface area contributed by atoms with Gasteiger partial charge in [0.15, 0.2) is 0 Å². The van der Waals surface area contributed by atoms with Gasteiger partial charge in [-0.15, -0.1) is 0 Å². The van der Waals surface area contributed by atoms with Crippen molar-refractivity contribution < 1.29 is 8.42 Å². The molecule has 120 valence electrons. The van der Waals surface area contributed by atoms with Gasteiger partial charge in [-0.2, -0.15) is 0 Å². The lowest BCUT2D eigenvalue weighted by molar-refractivity contribution is 0.574. The van der Waals surface area contributed by atoms with Gasteiger partial charge in [-0.05, 0) is 40.0 Å². The summed E-state index contributed by atoms with van der Waals surface area (Å²) in [7, 11) is -3.44. The Kier molecular flexibility index (Phi) is 7.87. The molecule has 0 fully saturated rings. The summed E-state index contributed by atoms with van der Waals surface area (Å²) in [6.45, 7) is 7.46. The largest absolute Gasteiger partial charge is 0.310 e. The zero-order valence-electron chi connectivity index (χ0n) is 12.9. The van der Waals surface area contributed by atoms with Crippen LogP contribution < -0.4 is 10.0 Å². The molecule has 21 heavy (non-hydrogen) atoms. The summed E-state index contributed by atoms with van der Waals surface area (Å²) in [5, 5.41) is 3.31. The van der Waals surface area contributed by atoms with Crippen LogP contribution in [0.2, 0.25) is 0 Å². The van der Waals surface area contributed by atoms with Gasteiger partial charge in [-0.25, -0.2) is 13.1 Å². The Morgan fingerprint density at radius 2 is 1.95 bits per heavy atom. The van der Waals surface area contributed by atoms with Crippen LogP contribution in [-0.4, -0.2) is 21.0 Å². The zero-order valence-corrected chi connectivity index (χ0v) is 15.4. The minimum Gasteiger partial charge on any atom is -0.310 e. The third-order valence-electron chi connectivity index (χ3n) is 3.07. The molecule has 6 heteroatoms. The molecule has 0 saturated heterocycles. The minimum absolute atomic E-state index is 0.298. The summed E-state index contributed by atoms with van der Waals surface area (Å²) in [6.07, 6.45) is 2.97. The molecule has 1 aromatic rings. The fourth-order valence-electron chi connectivity index (χ4n) is 1.85. The second-order valence-electron chi connectivity index (χ2n) is 5.41. The van der Waals surface area contributed by atoms with E-state index in [2.05, 4.69) is 46.7 Å². The van der Waals surface area contributed by atoms with Gasteiger partial charge in [-0.1, -0.05) is 39.7 Å². The van der Waals surface area contributed by atoms with Crippen molar-refractivity contribution >= 4 is 26.0 Å². The average Bonchev–Trinajstić information content (AvgIpc) is 2.41. The van der Waals surface area contributed by atoms with Crippen LogP contribution in [0.4, 0.5) is 0 Å². The summed E-state index contributed by atoms with van der Waals surface area (Å²) in [5.74, 6) is 0. The Morgan fingerprint density at radius 3 is 2.52 bits per heavy atom. The molecule has 0 atom stereocenters. The van der Waals surface area contributed by atoms with Gasteiger partial charge in [-0.3, -0.25) is 0 Å². The predicted molar refractivity (Wildman–Crippen MR) is 90.8 cm³/mol. The van der Waals surface area contributed by atoms with E-state index in [0.29, 0.717) is 22.0 Å². The first kappa shape index (κ1) is 18.6. The molecule has 0 unspecified atom stereocenters. The number of hydrogen-bond donors (Lipinski definition) is 2. The van der Waals surface area contributed by atoms with E-state index in [0.717, 1.165) is 31.4 Å². The lowest BCUT2D eigenvalue weighted by Crippen LogP contribution is -2.25. The van der Waals surface area contributed by atoms with Crippen LogP contribution in [0, 0.1) is 0 Å². The highest BCUT2D eigenvalue weighted by Crippen LogP contribution is 2.23. The maximum atomic E-state index is 12.2. The Bertz CT molecular complexity index is 545. The van der Waals surface area contributed by atoms with Crippen LogP contribution in [0.15, 0.2) is 27.6 Å². The summed E-state index contributed by atoms with van der Waals surface area (Å²) in [6, 6.07) is 5.76. The van der Waals surface area contributed by atoms with E-state index in [9.17, 15) is 8.42 Å². The third kappa shape index (κ3) is 6.46. The summed E-state index contributed by atoms with van der Waals surface area (Å²) < 4.78 is 27.7. The first-order valence-electron chi connectivity index (χ1n) is 7.38. The van der Waals surface area contributed by atoms with Crippen molar-refractivity contribution in [2.45, 2.75) is 57.5 Å². The molecular weight excluding hydrogens is 352 g/mol. The van der Waals surface area contributed by atoms with Crippen molar-refractivity contribution in [1.29, 1.82) is 0 Å². The maximum Gasteiger partial charge on any atom is 0.241 e. The van der Waals surface area contributed by atoms with Gasteiger partial charge < -0.3 is 5.32 Å². The van der Waals surface area contributed by atoms with Crippen molar-refractivity contribution in [2.24, 2.45) is 0 Å². The monoisotopic (exact) mass is 376 g/mol. The average molecular weight is 377 g/mol. The molecule has 1 rings (SSSR count).